The molecule has 180 valence electrons. The summed E-state index contributed by atoms with van der Waals surface area (Å²) in [6.07, 6.45) is 34.8. The van der Waals surface area contributed by atoms with Crippen LogP contribution in [0.5, 0.6) is 0 Å². The van der Waals surface area contributed by atoms with Crippen LogP contribution in [0.25, 0.3) is 0 Å². The summed E-state index contributed by atoms with van der Waals surface area (Å²) in [5.74, 6) is 0. The van der Waals surface area contributed by atoms with Crippen LogP contribution in [0.3, 0.4) is 0 Å². The molecule has 0 unspecified atom stereocenters. The zero-order valence-electron chi connectivity index (χ0n) is 22.2. The molecule has 0 radical (unpaired) electrons. The van der Waals surface area contributed by atoms with E-state index in [1.54, 1.807) is 37.0 Å². The molecular weight excluding hydrogens is 398 g/mol. The van der Waals surface area contributed by atoms with Crippen LogP contribution in [0.4, 0.5) is 0 Å². The maximum Gasteiger partial charge on any atom is 0.0774 e. The molecule has 2 heteroatoms. The lowest BCUT2D eigenvalue weighted by molar-refractivity contribution is 0.835. The summed E-state index contributed by atoms with van der Waals surface area (Å²) in [5.41, 5.74) is 0. The molecule has 0 N–H and O–H groups in total. The quantitative estimate of drug-likeness (QED) is 0.112. The molecule has 30 heavy (non-hydrogen) atoms. The Morgan fingerprint density at radius 3 is 0.733 bits per heavy atom. The summed E-state index contributed by atoms with van der Waals surface area (Å²) in [6.45, 7) is 14.3. The summed E-state index contributed by atoms with van der Waals surface area (Å²) >= 11 is 0. The Balaban J connectivity index is 5.27. The van der Waals surface area contributed by atoms with Crippen molar-refractivity contribution in [2.45, 2.75) is 119 Å². The van der Waals surface area contributed by atoms with Gasteiger partial charge in [0.25, 0.3) is 0 Å². The van der Waals surface area contributed by atoms with Gasteiger partial charge in [-0.3, -0.25) is 0 Å². The summed E-state index contributed by atoms with van der Waals surface area (Å²) < 4.78 is 0. The lowest BCUT2D eigenvalue weighted by atomic mass is 10.4. The predicted octanol–water partition coefficient (Wildman–Crippen LogP) is 10.4. The van der Waals surface area contributed by atoms with E-state index < -0.39 is 14.5 Å². The maximum absolute atomic E-state index is 2.72. The van der Waals surface area contributed by atoms with Crippen molar-refractivity contribution in [1.82, 2.24) is 0 Å². The molecule has 0 aliphatic carbocycles. The van der Waals surface area contributed by atoms with E-state index >= 15 is 0 Å². The molecule has 0 aliphatic rings. The Bertz CT molecular complexity index is 309. The van der Waals surface area contributed by atoms with Crippen LogP contribution in [0.1, 0.15) is 119 Å². The molecule has 0 saturated carbocycles. The van der Waals surface area contributed by atoms with Crippen LogP contribution in [-0.2, 0) is 0 Å². The molecular formula is C28H60P2+2. The Labute approximate surface area is 194 Å². The summed E-state index contributed by atoms with van der Waals surface area (Å²) in [6, 6.07) is 0. The first-order chi connectivity index (χ1) is 14.6. The summed E-state index contributed by atoms with van der Waals surface area (Å²) in [7, 11) is -1.53. The molecule has 0 amide bonds. The van der Waals surface area contributed by atoms with Crippen LogP contribution >= 0.6 is 14.5 Å². The van der Waals surface area contributed by atoms with Gasteiger partial charge in [0.05, 0.1) is 49.3 Å². The van der Waals surface area contributed by atoms with E-state index in [9.17, 15) is 0 Å². The Morgan fingerprint density at radius 1 is 0.367 bits per heavy atom. The summed E-state index contributed by atoms with van der Waals surface area (Å²) in [5, 5.41) is 0. The molecule has 0 aliphatic heterocycles. The molecule has 0 spiro atoms. The van der Waals surface area contributed by atoms with Gasteiger partial charge >= 0.3 is 0 Å². The van der Waals surface area contributed by atoms with E-state index in [0.717, 1.165) is 0 Å². The zero-order chi connectivity index (χ0) is 22.6. The SMILES string of the molecule is CCCC[P+](C/C=C/C[P+](CCCC)(CCCC)CCCC)(CCCC)CCCC. The van der Waals surface area contributed by atoms with Crippen molar-refractivity contribution in [3.05, 3.63) is 12.2 Å². The Hall–Kier alpha value is 0.600. The van der Waals surface area contributed by atoms with E-state index in [1.807, 2.05) is 0 Å². The number of allylic oxidation sites excluding steroid dienone is 2. The number of unbranched alkanes of at least 4 members (excludes halogenated alkanes) is 6. The van der Waals surface area contributed by atoms with Gasteiger partial charge in [0.2, 0.25) is 0 Å². The van der Waals surface area contributed by atoms with E-state index in [0.29, 0.717) is 0 Å². The smallest absolute Gasteiger partial charge is 0.0652 e. The second-order valence-corrected chi connectivity index (χ2v) is 18.8. The van der Waals surface area contributed by atoms with Crippen LogP contribution in [0.2, 0.25) is 0 Å². The van der Waals surface area contributed by atoms with Gasteiger partial charge in [-0.15, -0.1) is 0 Å². The molecule has 0 atom stereocenters. The standard InChI is InChI=1S/C28H60P2/c1-7-13-21-29(22-14-8-2,23-15-9-3)27-19-20-28-30(24-16-10-4,25-17-11-5)26-18-12-6/h19-20H,7-18,21-28H2,1-6H3/q+2/b20-19+. The highest BCUT2D eigenvalue weighted by Gasteiger charge is 2.36. The second-order valence-electron chi connectivity index (χ2n) is 9.98. The van der Waals surface area contributed by atoms with E-state index in [4.69, 9.17) is 0 Å². The highest BCUT2D eigenvalue weighted by Crippen LogP contribution is 2.62. The fourth-order valence-corrected chi connectivity index (χ4v) is 14.3. The molecule has 0 saturated heterocycles. The van der Waals surface area contributed by atoms with Gasteiger partial charge in [-0.25, -0.2) is 0 Å². The summed E-state index contributed by atoms with van der Waals surface area (Å²) in [4.78, 5) is 0. The van der Waals surface area contributed by atoms with Crippen molar-refractivity contribution in [2.75, 3.05) is 49.3 Å². The van der Waals surface area contributed by atoms with Gasteiger partial charge in [-0.05, 0) is 50.7 Å². The average molecular weight is 459 g/mol. The highest BCUT2D eigenvalue weighted by atomic mass is 31.2. The highest BCUT2D eigenvalue weighted by molar-refractivity contribution is 7.76. The fraction of sp³-hybridized carbons (Fsp3) is 0.929. The van der Waals surface area contributed by atoms with E-state index in [1.165, 1.54) is 89.4 Å². The monoisotopic (exact) mass is 458 g/mol. The minimum absolute atomic E-state index is 0.766. The lowest BCUT2D eigenvalue weighted by Gasteiger charge is -2.28. The van der Waals surface area contributed by atoms with Crippen molar-refractivity contribution >= 4 is 14.5 Å². The van der Waals surface area contributed by atoms with Crippen LogP contribution in [-0.4, -0.2) is 49.3 Å². The minimum Gasteiger partial charge on any atom is -0.0652 e. The van der Waals surface area contributed by atoms with Gasteiger partial charge in [0, 0.05) is 14.5 Å². The Kier molecular flexibility index (Phi) is 20.6. The number of hydrogen-bond donors (Lipinski definition) is 0. The van der Waals surface area contributed by atoms with Gasteiger partial charge < -0.3 is 0 Å². The molecule has 0 heterocycles. The lowest BCUT2D eigenvalue weighted by Crippen LogP contribution is -2.13. The van der Waals surface area contributed by atoms with Crippen LogP contribution in [0, 0.1) is 0 Å². The zero-order valence-corrected chi connectivity index (χ0v) is 24.0. The first kappa shape index (κ1) is 30.6. The second kappa shape index (κ2) is 20.2. The maximum atomic E-state index is 2.72. The van der Waals surface area contributed by atoms with Gasteiger partial charge in [-0.1, -0.05) is 80.1 Å². The average Bonchev–Trinajstić information content (AvgIpc) is 2.77. The predicted molar refractivity (Wildman–Crippen MR) is 151 cm³/mol. The third kappa shape index (κ3) is 13.9. The third-order valence-electron chi connectivity index (χ3n) is 7.07. The van der Waals surface area contributed by atoms with Crippen molar-refractivity contribution < 1.29 is 0 Å². The number of rotatable bonds is 22. The van der Waals surface area contributed by atoms with Crippen molar-refractivity contribution in [2.24, 2.45) is 0 Å². The number of hydrogen-bond acceptors (Lipinski definition) is 0. The Morgan fingerprint density at radius 2 is 0.567 bits per heavy atom. The van der Waals surface area contributed by atoms with E-state index in [-0.39, 0.29) is 0 Å². The fourth-order valence-electron chi connectivity index (χ4n) is 4.78. The topological polar surface area (TPSA) is 0 Å². The van der Waals surface area contributed by atoms with Gasteiger partial charge in [0.15, 0.2) is 0 Å². The molecule has 0 rings (SSSR count). The van der Waals surface area contributed by atoms with Crippen molar-refractivity contribution in [3.63, 3.8) is 0 Å². The first-order valence-corrected chi connectivity index (χ1v) is 19.0. The van der Waals surface area contributed by atoms with Crippen LogP contribution < -0.4 is 0 Å². The molecule has 0 fully saturated rings. The third-order valence-corrected chi connectivity index (χ3v) is 16.6. The molecule has 0 nitrogen and oxygen atoms in total. The largest absolute Gasteiger partial charge is 0.0774 e. The normalized spacial score (nSPS) is 12.9. The molecule has 0 aromatic carbocycles. The van der Waals surface area contributed by atoms with Gasteiger partial charge in [0.1, 0.15) is 0 Å². The van der Waals surface area contributed by atoms with E-state index in [2.05, 4.69) is 53.7 Å². The van der Waals surface area contributed by atoms with Crippen molar-refractivity contribution in [3.8, 4) is 0 Å². The molecule has 0 aromatic heterocycles. The molecule has 0 aromatic rings. The molecule has 0 bridgehead atoms. The first-order valence-electron chi connectivity index (χ1n) is 13.9. The van der Waals surface area contributed by atoms with Crippen LogP contribution in [0.15, 0.2) is 12.2 Å². The van der Waals surface area contributed by atoms with Gasteiger partial charge in [-0.2, -0.15) is 0 Å². The minimum atomic E-state index is -0.766. The van der Waals surface area contributed by atoms with Crippen molar-refractivity contribution in [1.29, 1.82) is 0 Å².